The zero-order valence-electron chi connectivity index (χ0n) is 12.8. The van der Waals surface area contributed by atoms with Crippen molar-refractivity contribution in [2.45, 2.75) is 0 Å². The second-order valence-electron chi connectivity index (χ2n) is 4.57. The van der Waals surface area contributed by atoms with Crippen LogP contribution in [0.1, 0.15) is 15.9 Å². The maximum Gasteiger partial charge on any atom is 0.271 e. The molecule has 0 spiro atoms. The molecule has 5 nitrogen and oxygen atoms in total. The SMILES string of the molecule is COc1cc(C(=O)N/N=C/c2cc(Br)c(OC)c(Br)c2)ccc1I. The standard InChI is InChI=1S/C16H13Br2IN2O3/c1-23-14-7-10(3-4-13(14)19)16(22)21-20-8-9-5-11(17)15(24-2)12(18)6-9/h3-8H,1-2H3,(H,21,22)/b20-8+. The second kappa shape index (κ2) is 8.82. The van der Waals surface area contributed by atoms with Crippen LogP contribution in [-0.4, -0.2) is 26.3 Å². The monoisotopic (exact) mass is 566 g/mol. The number of nitrogens with zero attached hydrogens (tertiary/aromatic N) is 1. The first-order valence-electron chi connectivity index (χ1n) is 6.66. The molecule has 0 aromatic heterocycles. The number of nitrogens with one attached hydrogen (secondary N) is 1. The van der Waals surface area contributed by atoms with E-state index in [4.69, 9.17) is 9.47 Å². The molecule has 24 heavy (non-hydrogen) atoms. The molecular formula is C16H13Br2IN2O3. The van der Waals surface area contributed by atoms with Gasteiger partial charge in [-0.25, -0.2) is 5.43 Å². The lowest BCUT2D eigenvalue weighted by molar-refractivity contribution is 0.0954. The first kappa shape index (κ1) is 19.2. The molecule has 0 saturated heterocycles. The Morgan fingerprint density at radius 2 is 1.83 bits per heavy atom. The largest absolute Gasteiger partial charge is 0.496 e. The maximum absolute atomic E-state index is 12.1. The molecular weight excluding hydrogens is 555 g/mol. The highest BCUT2D eigenvalue weighted by Crippen LogP contribution is 2.33. The van der Waals surface area contributed by atoms with E-state index in [2.05, 4.69) is 65.0 Å². The molecule has 0 atom stereocenters. The summed E-state index contributed by atoms with van der Waals surface area (Å²) in [5.74, 6) is 1.03. The third-order valence-electron chi connectivity index (χ3n) is 3.02. The molecule has 0 aliphatic heterocycles. The Bertz CT molecular complexity index is 774. The van der Waals surface area contributed by atoms with Crippen molar-refractivity contribution in [3.8, 4) is 11.5 Å². The van der Waals surface area contributed by atoms with Crippen molar-refractivity contribution in [1.29, 1.82) is 0 Å². The first-order valence-corrected chi connectivity index (χ1v) is 9.32. The van der Waals surface area contributed by atoms with Gasteiger partial charge in [0.2, 0.25) is 0 Å². The number of hydrogen-bond donors (Lipinski definition) is 1. The first-order chi connectivity index (χ1) is 11.5. The van der Waals surface area contributed by atoms with Gasteiger partial charge in [0, 0.05) is 5.56 Å². The quantitative estimate of drug-likeness (QED) is 0.326. The molecule has 0 unspecified atom stereocenters. The minimum absolute atomic E-state index is 0.312. The lowest BCUT2D eigenvalue weighted by atomic mass is 10.2. The van der Waals surface area contributed by atoms with Crippen LogP contribution >= 0.6 is 54.5 Å². The molecule has 1 N–H and O–H groups in total. The zero-order chi connectivity index (χ0) is 17.7. The zero-order valence-corrected chi connectivity index (χ0v) is 18.1. The number of amides is 1. The second-order valence-corrected chi connectivity index (χ2v) is 7.44. The number of hydrogen-bond acceptors (Lipinski definition) is 4. The number of ether oxygens (including phenoxy) is 2. The minimum atomic E-state index is -0.312. The Kier molecular flexibility index (Phi) is 7.05. The highest BCUT2D eigenvalue weighted by atomic mass is 127. The fourth-order valence-electron chi connectivity index (χ4n) is 1.88. The number of hydrazone groups is 1. The van der Waals surface area contributed by atoms with E-state index in [0.29, 0.717) is 17.1 Å². The van der Waals surface area contributed by atoms with Gasteiger partial charge >= 0.3 is 0 Å². The van der Waals surface area contributed by atoms with Crippen LogP contribution in [0.15, 0.2) is 44.4 Å². The summed E-state index contributed by atoms with van der Waals surface area (Å²) >= 11 is 8.98. The maximum atomic E-state index is 12.1. The van der Waals surface area contributed by atoms with E-state index in [9.17, 15) is 4.79 Å². The summed E-state index contributed by atoms with van der Waals surface area (Å²) in [6.45, 7) is 0. The van der Waals surface area contributed by atoms with Gasteiger partial charge in [-0.05, 0) is 90.3 Å². The van der Waals surface area contributed by atoms with E-state index in [1.54, 1.807) is 32.6 Å². The lowest BCUT2D eigenvalue weighted by Crippen LogP contribution is -2.17. The van der Waals surface area contributed by atoms with Gasteiger partial charge in [0.15, 0.2) is 0 Å². The minimum Gasteiger partial charge on any atom is -0.496 e. The van der Waals surface area contributed by atoms with Gasteiger partial charge in [0.25, 0.3) is 5.91 Å². The summed E-state index contributed by atoms with van der Waals surface area (Å²) < 4.78 is 13.0. The number of benzene rings is 2. The summed E-state index contributed by atoms with van der Waals surface area (Å²) in [7, 11) is 3.16. The van der Waals surface area contributed by atoms with Crippen molar-refractivity contribution in [2.75, 3.05) is 14.2 Å². The summed E-state index contributed by atoms with van der Waals surface area (Å²) in [5, 5.41) is 3.98. The van der Waals surface area contributed by atoms with Crippen molar-refractivity contribution in [2.24, 2.45) is 5.10 Å². The van der Waals surface area contributed by atoms with Crippen molar-refractivity contribution in [3.05, 3.63) is 54.0 Å². The Morgan fingerprint density at radius 1 is 1.17 bits per heavy atom. The van der Waals surface area contributed by atoms with Crippen LogP contribution in [-0.2, 0) is 0 Å². The van der Waals surface area contributed by atoms with Crippen molar-refractivity contribution < 1.29 is 14.3 Å². The van der Waals surface area contributed by atoms with Gasteiger partial charge in [-0.15, -0.1) is 0 Å². The fourth-order valence-corrected chi connectivity index (χ4v) is 3.98. The average Bonchev–Trinajstić information content (AvgIpc) is 2.55. The highest BCUT2D eigenvalue weighted by molar-refractivity contribution is 14.1. The normalized spacial score (nSPS) is 10.7. The van der Waals surface area contributed by atoms with Crippen molar-refractivity contribution in [3.63, 3.8) is 0 Å². The number of carbonyl (C=O) groups is 1. The van der Waals surface area contributed by atoms with Crippen LogP contribution in [0.5, 0.6) is 11.5 Å². The van der Waals surface area contributed by atoms with Crippen LogP contribution in [0.4, 0.5) is 0 Å². The summed E-state index contributed by atoms with van der Waals surface area (Å²) in [5.41, 5.74) is 3.77. The topological polar surface area (TPSA) is 59.9 Å². The Hall–Kier alpha value is -1.13. The number of methoxy groups -OCH3 is 2. The van der Waals surface area contributed by atoms with Crippen LogP contribution in [0.25, 0.3) is 0 Å². The van der Waals surface area contributed by atoms with Crippen LogP contribution in [0.3, 0.4) is 0 Å². The van der Waals surface area contributed by atoms with Crippen molar-refractivity contribution in [1.82, 2.24) is 5.43 Å². The van der Waals surface area contributed by atoms with E-state index >= 15 is 0 Å². The highest BCUT2D eigenvalue weighted by Gasteiger charge is 2.09. The van der Waals surface area contributed by atoms with Crippen molar-refractivity contribution >= 4 is 66.6 Å². The Balaban J connectivity index is 2.10. The molecule has 2 aromatic carbocycles. The van der Waals surface area contributed by atoms with E-state index < -0.39 is 0 Å². The molecule has 2 aromatic rings. The number of carbonyl (C=O) groups excluding carboxylic acids is 1. The van der Waals surface area contributed by atoms with Gasteiger partial charge in [0.05, 0.1) is 32.9 Å². The fraction of sp³-hybridized carbons (Fsp3) is 0.125. The molecule has 0 bridgehead atoms. The predicted octanol–water partition coefficient (Wildman–Crippen LogP) is 4.60. The molecule has 126 valence electrons. The van der Waals surface area contributed by atoms with Crippen LogP contribution in [0, 0.1) is 3.57 Å². The predicted molar refractivity (Wildman–Crippen MR) is 109 cm³/mol. The molecule has 0 aliphatic carbocycles. The number of halogens is 3. The molecule has 2 rings (SSSR count). The molecule has 0 saturated carbocycles. The summed E-state index contributed by atoms with van der Waals surface area (Å²) in [6, 6.07) is 8.89. The molecule has 0 radical (unpaired) electrons. The van der Waals surface area contributed by atoms with Gasteiger partial charge in [0.1, 0.15) is 11.5 Å². The van der Waals surface area contributed by atoms with Gasteiger partial charge < -0.3 is 9.47 Å². The smallest absolute Gasteiger partial charge is 0.271 e. The van der Waals surface area contributed by atoms with Gasteiger partial charge in [-0.2, -0.15) is 5.10 Å². The molecule has 1 amide bonds. The van der Waals surface area contributed by atoms with Crippen LogP contribution in [0.2, 0.25) is 0 Å². The van der Waals surface area contributed by atoms with E-state index in [1.807, 2.05) is 18.2 Å². The van der Waals surface area contributed by atoms with Gasteiger partial charge in [-0.3, -0.25) is 4.79 Å². The third-order valence-corrected chi connectivity index (χ3v) is 5.09. The summed E-state index contributed by atoms with van der Waals surface area (Å²) in [4.78, 5) is 12.1. The molecule has 0 aliphatic rings. The van der Waals surface area contributed by atoms with E-state index in [1.165, 1.54) is 0 Å². The Labute approximate surface area is 170 Å². The third kappa shape index (κ3) is 4.70. The number of rotatable bonds is 5. The average molecular weight is 568 g/mol. The van der Waals surface area contributed by atoms with E-state index in [-0.39, 0.29) is 5.91 Å². The molecule has 0 heterocycles. The summed E-state index contributed by atoms with van der Waals surface area (Å²) in [6.07, 6.45) is 1.55. The molecule has 8 heteroatoms. The molecule has 0 fully saturated rings. The van der Waals surface area contributed by atoms with Gasteiger partial charge in [-0.1, -0.05) is 0 Å². The Morgan fingerprint density at radius 3 is 2.42 bits per heavy atom. The van der Waals surface area contributed by atoms with Crippen LogP contribution < -0.4 is 14.9 Å². The lowest BCUT2D eigenvalue weighted by Gasteiger charge is -2.07. The van der Waals surface area contributed by atoms with E-state index in [0.717, 1.165) is 18.1 Å².